The molecule has 0 aliphatic carbocycles. The first kappa shape index (κ1) is 20.6. The van der Waals surface area contributed by atoms with Crippen molar-refractivity contribution in [2.24, 2.45) is 5.92 Å². The van der Waals surface area contributed by atoms with Crippen LogP contribution in [0, 0.1) is 11.7 Å². The van der Waals surface area contributed by atoms with Crippen LogP contribution in [0.5, 0.6) is 0 Å². The number of halogens is 1. The molecule has 2 aliphatic heterocycles. The summed E-state index contributed by atoms with van der Waals surface area (Å²) >= 11 is 0. The number of aliphatic hydroxyl groups is 1. The first-order valence-electron chi connectivity index (χ1n) is 11.1. The second-order valence-electron chi connectivity index (χ2n) is 8.53. The van der Waals surface area contributed by atoms with Crippen molar-refractivity contribution in [3.05, 3.63) is 83.7 Å². The van der Waals surface area contributed by atoms with Gasteiger partial charge in [-0.25, -0.2) is 4.39 Å². The van der Waals surface area contributed by atoms with Crippen molar-refractivity contribution < 1.29 is 19.0 Å². The molecule has 2 aliphatic rings. The number of piperidine rings is 1. The Kier molecular flexibility index (Phi) is 5.76. The van der Waals surface area contributed by atoms with Gasteiger partial charge >= 0.3 is 0 Å². The van der Waals surface area contributed by atoms with Crippen LogP contribution in [-0.2, 0) is 15.3 Å². The van der Waals surface area contributed by atoms with E-state index < -0.39 is 11.9 Å². The predicted molar refractivity (Wildman–Crippen MR) is 118 cm³/mol. The van der Waals surface area contributed by atoms with Crippen molar-refractivity contribution in [1.29, 1.82) is 0 Å². The molecule has 0 unspecified atom stereocenters. The topological polar surface area (TPSA) is 41.9 Å². The number of hydrogen-bond donors (Lipinski definition) is 1. The van der Waals surface area contributed by atoms with E-state index in [1.165, 1.54) is 12.1 Å². The number of nitrogens with zero attached hydrogens (tertiary/aromatic N) is 1. The molecule has 5 rings (SSSR count). The quantitative estimate of drug-likeness (QED) is 0.653. The summed E-state index contributed by atoms with van der Waals surface area (Å²) in [5.74, 6) is -0.839. The van der Waals surface area contributed by atoms with E-state index in [0.29, 0.717) is 19.8 Å². The molecule has 5 heteroatoms. The molecule has 1 atom stereocenters. The van der Waals surface area contributed by atoms with Gasteiger partial charge < -0.3 is 19.5 Å². The highest BCUT2D eigenvalue weighted by Crippen LogP contribution is 2.43. The monoisotopic (exact) mass is 421 g/mol. The van der Waals surface area contributed by atoms with E-state index >= 15 is 0 Å². The van der Waals surface area contributed by atoms with Gasteiger partial charge in [0.15, 0.2) is 5.79 Å². The van der Waals surface area contributed by atoms with Gasteiger partial charge in [-0.3, -0.25) is 0 Å². The molecule has 31 heavy (non-hydrogen) atoms. The first-order chi connectivity index (χ1) is 15.2. The lowest BCUT2D eigenvalue weighted by molar-refractivity contribution is -0.214. The normalized spacial score (nSPS) is 20.8. The zero-order valence-corrected chi connectivity index (χ0v) is 17.5. The minimum atomic E-state index is -0.784. The van der Waals surface area contributed by atoms with Crippen LogP contribution in [0.15, 0.2) is 66.7 Å². The lowest BCUT2D eigenvalue weighted by atomic mass is 9.84. The van der Waals surface area contributed by atoms with Gasteiger partial charge in [0, 0.05) is 18.0 Å². The molecule has 1 N–H and O–H groups in total. The van der Waals surface area contributed by atoms with Gasteiger partial charge in [0.25, 0.3) is 0 Å². The summed E-state index contributed by atoms with van der Waals surface area (Å²) in [6.07, 6.45) is 1.27. The number of hydrogen-bond acceptors (Lipinski definition) is 4. The molecule has 2 heterocycles. The summed E-state index contributed by atoms with van der Waals surface area (Å²) in [7, 11) is 0. The summed E-state index contributed by atoms with van der Waals surface area (Å²) in [6, 6.07) is 20.8. The third-order valence-corrected chi connectivity index (χ3v) is 6.70. The van der Waals surface area contributed by atoms with Crippen molar-refractivity contribution in [2.75, 3.05) is 32.8 Å². The third kappa shape index (κ3) is 3.99. The van der Waals surface area contributed by atoms with E-state index in [-0.39, 0.29) is 11.7 Å². The van der Waals surface area contributed by atoms with Gasteiger partial charge in [-0.05, 0) is 54.4 Å². The Morgan fingerprint density at radius 1 is 0.935 bits per heavy atom. The molecule has 0 bridgehead atoms. The fourth-order valence-corrected chi connectivity index (χ4v) is 5.13. The van der Waals surface area contributed by atoms with E-state index in [1.54, 1.807) is 12.1 Å². The summed E-state index contributed by atoms with van der Waals surface area (Å²) in [5, 5.41) is 13.2. The van der Waals surface area contributed by atoms with Crippen LogP contribution >= 0.6 is 0 Å². The minimum Gasteiger partial charge on any atom is -0.387 e. The summed E-state index contributed by atoms with van der Waals surface area (Å²) in [4.78, 5) is 2.32. The van der Waals surface area contributed by atoms with E-state index in [0.717, 1.165) is 47.8 Å². The molecular weight excluding hydrogens is 393 g/mol. The predicted octanol–water partition coefficient (Wildman–Crippen LogP) is 4.62. The number of ether oxygens (including phenoxy) is 2. The Labute approximate surface area is 182 Å². The van der Waals surface area contributed by atoms with Crippen LogP contribution in [0.4, 0.5) is 4.39 Å². The maximum Gasteiger partial charge on any atom is 0.197 e. The molecule has 0 saturated carbocycles. The summed E-state index contributed by atoms with van der Waals surface area (Å²) in [5.41, 5.74) is 1.87. The van der Waals surface area contributed by atoms with Gasteiger partial charge in [0.05, 0.1) is 19.3 Å². The molecule has 0 radical (unpaired) electrons. The zero-order valence-electron chi connectivity index (χ0n) is 17.5. The fourth-order valence-electron chi connectivity index (χ4n) is 5.13. The largest absolute Gasteiger partial charge is 0.387 e. The highest BCUT2D eigenvalue weighted by atomic mass is 19.1. The first-order valence-corrected chi connectivity index (χ1v) is 11.1. The number of benzene rings is 3. The Morgan fingerprint density at radius 2 is 1.61 bits per heavy atom. The molecule has 3 aromatic carbocycles. The molecule has 0 spiro atoms. The lowest BCUT2D eigenvalue weighted by Crippen LogP contribution is -2.45. The maximum absolute atomic E-state index is 13.4. The van der Waals surface area contributed by atoms with Crippen molar-refractivity contribution in [3.8, 4) is 0 Å². The molecule has 0 aromatic heterocycles. The van der Waals surface area contributed by atoms with E-state index in [2.05, 4.69) is 23.1 Å². The van der Waals surface area contributed by atoms with Crippen LogP contribution in [0.1, 0.15) is 30.1 Å². The van der Waals surface area contributed by atoms with Gasteiger partial charge in [-0.2, -0.15) is 0 Å². The molecular formula is C26H28FNO3. The number of β-amino-alcohol motifs (C(OH)–C–C–N with tert-alkyl or cyclic N) is 1. The average molecular weight is 422 g/mol. The maximum atomic E-state index is 13.4. The van der Waals surface area contributed by atoms with Crippen molar-refractivity contribution in [1.82, 2.24) is 4.90 Å². The number of fused-ring (bicyclic) bond motifs is 1. The minimum absolute atomic E-state index is 0.200. The van der Waals surface area contributed by atoms with E-state index in [1.807, 2.05) is 24.3 Å². The van der Waals surface area contributed by atoms with Crippen molar-refractivity contribution >= 4 is 10.8 Å². The molecule has 0 amide bonds. The van der Waals surface area contributed by atoms with Crippen LogP contribution in [0.3, 0.4) is 0 Å². The number of likely N-dealkylation sites (tertiary alicyclic amines) is 1. The Morgan fingerprint density at radius 3 is 2.35 bits per heavy atom. The van der Waals surface area contributed by atoms with Gasteiger partial charge in [-0.1, -0.05) is 54.6 Å². The molecule has 2 fully saturated rings. The Bertz CT molecular complexity index is 1020. The molecule has 3 aromatic rings. The number of rotatable bonds is 5. The zero-order chi connectivity index (χ0) is 21.3. The van der Waals surface area contributed by atoms with Crippen molar-refractivity contribution in [2.45, 2.75) is 24.7 Å². The van der Waals surface area contributed by atoms with Crippen molar-refractivity contribution in [3.63, 3.8) is 0 Å². The lowest BCUT2D eigenvalue weighted by Gasteiger charge is -2.41. The Hall–Kier alpha value is -2.31. The van der Waals surface area contributed by atoms with Gasteiger partial charge in [0.2, 0.25) is 0 Å². The number of aliphatic hydroxyl groups excluding tert-OH is 1. The standard InChI is InChI=1S/C26H28FNO3/c27-22-10-8-20(9-11-22)26(30-16-17-31-26)21-12-14-28(15-13-21)18-25(29)24-7-3-5-19-4-1-2-6-23(19)24/h1-11,21,25,29H,12-18H2/t25-/m1/s1. The summed E-state index contributed by atoms with van der Waals surface area (Å²) < 4.78 is 25.7. The smallest absolute Gasteiger partial charge is 0.197 e. The van der Waals surface area contributed by atoms with Crippen LogP contribution < -0.4 is 0 Å². The second kappa shape index (κ2) is 8.67. The second-order valence-corrected chi connectivity index (χ2v) is 8.53. The van der Waals surface area contributed by atoms with Gasteiger partial charge in [0.1, 0.15) is 5.82 Å². The Balaban J connectivity index is 1.27. The van der Waals surface area contributed by atoms with E-state index in [9.17, 15) is 9.50 Å². The van der Waals surface area contributed by atoms with E-state index in [4.69, 9.17) is 9.47 Å². The van der Waals surface area contributed by atoms with Crippen LogP contribution in [-0.4, -0.2) is 42.9 Å². The molecule has 2 saturated heterocycles. The SMILES string of the molecule is O[C@H](CN1CCC(C2(c3ccc(F)cc3)OCCO2)CC1)c1cccc2ccccc12. The van der Waals surface area contributed by atoms with Crippen LogP contribution in [0.25, 0.3) is 10.8 Å². The highest BCUT2D eigenvalue weighted by molar-refractivity contribution is 5.85. The summed E-state index contributed by atoms with van der Waals surface area (Å²) in [6.45, 7) is 3.44. The third-order valence-electron chi connectivity index (χ3n) is 6.70. The molecule has 162 valence electrons. The van der Waals surface area contributed by atoms with Crippen LogP contribution in [0.2, 0.25) is 0 Å². The molecule has 4 nitrogen and oxygen atoms in total. The van der Waals surface area contributed by atoms with Gasteiger partial charge in [-0.15, -0.1) is 0 Å². The average Bonchev–Trinajstić information content (AvgIpc) is 3.31. The fraction of sp³-hybridized carbons (Fsp3) is 0.385. The highest BCUT2D eigenvalue weighted by Gasteiger charge is 2.47.